The molecule has 0 atom stereocenters. The van der Waals surface area contributed by atoms with E-state index < -0.39 is 0 Å². The van der Waals surface area contributed by atoms with Crippen LogP contribution >= 0.6 is 0 Å². The third-order valence-corrected chi connectivity index (χ3v) is 2.76. The Morgan fingerprint density at radius 1 is 1.32 bits per heavy atom. The highest BCUT2D eigenvalue weighted by Crippen LogP contribution is 2.18. The van der Waals surface area contributed by atoms with Gasteiger partial charge in [0.05, 0.1) is 12.1 Å². The maximum atomic E-state index is 11.4. The Bertz CT molecular complexity index is 446. The van der Waals surface area contributed by atoms with Gasteiger partial charge in [-0.05, 0) is 25.6 Å². The minimum atomic E-state index is -0.356. The van der Waals surface area contributed by atoms with Crippen LogP contribution < -0.4 is 10.5 Å². The molecule has 0 heterocycles. The van der Waals surface area contributed by atoms with Gasteiger partial charge in [0.15, 0.2) is 5.78 Å². The molecule has 0 bridgehead atoms. The number of benzene rings is 1. The summed E-state index contributed by atoms with van der Waals surface area (Å²) in [5, 5.41) is 0. The number of nitrogens with two attached hydrogens (primary N) is 1. The number of hydrogen-bond donors (Lipinski definition) is 1. The van der Waals surface area contributed by atoms with E-state index in [-0.39, 0.29) is 18.2 Å². The van der Waals surface area contributed by atoms with Gasteiger partial charge in [0, 0.05) is 6.54 Å². The van der Waals surface area contributed by atoms with E-state index in [9.17, 15) is 9.59 Å². The molecule has 0 fully saturated rings. The summed E-state index contributed by atoms with van der Waals surface area (Å²) >= 11 is 0. The fourth-order valence-corrected chi connectivity index (χ4v) is 1.74. The van der Waals surface area contributed by atoms with Crippen LogP contribution in [-0.4, -0.2) is 42.8 Å². The van der Waals surface area contributed by atoms with Gasteiger partial charge in [-0.2, -0.15) is 0 Å². The molecule has 2 N–H and O–H groups in total. The van der Waals surface area contributed by atoms with Gasteiger partial charge in [0.25, 0.3) is 0 Å². The largest absolute Gasteiger partial charge is 0.491 e. The summed E-state index contributed by atoms with van der Waals surface area (Å²) in [6, 6.07) is 7.12. The first-order chi connectivity index (χ1) is 9.04. The van der Waals surface area contributed by atoms with Crippen molar-refractivity contribution in [3.63, 3.8) is 0 Å². The Kier molecular flexibility index (Phi) is 6.02. The lowest BCUT2D eigenvalue weighted by Crippen LogP contribution is -2.36. The normalized spacial score (nSPS) is 10.5. The molecular formula is C14H20N2O3. The van der Waals surface area contributed by atoms with Crippen LogP contribution in [0.2, 0.25) is 0 Å². The molecule has 0 aliphatic carbocycles. The zero-order valence-corrected chi connectivity index (χ0v) is 11.4. The lowest BCUT2D eigenvalue weighted by molar-refractivity contribution is -0.119. The van der Waals surface area contributed by atoms with Crippen molar-refractivity contribution in [1.82, 2.24) is 4.90 Å². The number of rotatable bonds is 8. The van der Waals surface area contributed by atoms with E-state index in [1.165, 1.54) is 6.92 Å². The number of Topliss-reactive ketones (excluding diaryl/α,β-unsaturated/α-hetero) is 1. The highest BCUT2D eigenvalue weighted by Gasteiger charge is 2.09. The topological polar surface area (TPSA) is 72.6 Å². The SMILES string of the molecule is CCN(CCOc1ccccc1C(C)=O)CC(N)=O. The van der Waals surface area contributed by atoms with E-state index in [0.717, 1.165) is 6.54 Å². The van der Waals surface area contributed by atoms with Gasteiger partial charge in [-0.25, -0.2) is 0 Å². The van der Waals surface area contributed by atoms with Crippen LogP contribution in [-0.2, 0) is 4.79 Å². The van der Waals surface area contributed by atoms with Crippen molar-refractivity contribution in [2.24, 2.45) is 5.73 Å². The van der Waals surface area contributed by atoms with Crippen LogP contribution in [0.5, 0.6) is 5.75 Å². The van der Waals surface area contributed by atoms with E-state index >= 15 is 0 Å². The first-order valence-corrected chi connectivity index (χ1v) is 6.28. The van der Waals surface area contributed by atoms with E-state index in [2.05, 4.69) is 0 Å². The third kappa shape index (κ3) is 5.09. The van der Waals surface area contributed by atoms with Crippen molar-refractivity contribution in [1.29, 1.82) is 0 Å². The Hall–Kier alpha value is -1.88. The fourth-order valence-electron chi connectivity index (χ4n) is 1.74. The second-order valence-corrected chi connectivity index (χ2v) is 4.24. The average molecular weight is 264 g/mol. The first kappa shape index (κ1) is 15.2. The highest BCUT2D eigenvalue weighted by molar-refractivity contribution is 5.96. The molecular weight excluding hydrogens is 244 g/mol. The quantitative estimate of drug-likeness (QED) is 0.713. The summed E-state index contributed by atoms with van der Waals surface area (Å²) in [6.45, 7) is 5.39. The van der Waals surface area contributed by atoms with E-state index in [1.54, 1.807) is 18.2 Å². The molecule has 104 valence electrons. The van der Waals surface area contributed by atoms with Crippen molar-refractivity contribution < 1.29 is 14.3 Å². The minimum absolute atomic E-state index is 0.0277. The smallest absolute Gasteiger partial charge is 0.231 e. The Morgan fingerprint density at radius 2 is 2.00 bits per heavy atom. The molecule has 1 aromatic rings. The number of carbonyl (C=O) groups excluding carboxylic acids is 2. The lowest BCUT2D eigenvalue weighted by atomic mass is 10.1. The number of carbonyl (C=O) groups is 2. The van der Waals surface area contributed by atoms with E-state index in [4.69, 9.17) is 10.5 Å². The molecule has 1 rings (SSSR count). The van der Waals surface area contributed by atoms with Gasteiger partial charge < -0.3 is 10.5 Å². The molecule has 1 aromatic carbocycles. The number of amides is 1. The van der Waals surface area contributed by atoms with Gasteiger partial charge in [-0.1, -0.05) is 19.1 Å². The summed E-state index contributed by atoms with van der Waals surface area (Å²) in [4.78, 5) is 24.1. The number of nitrogens with zero attached hydrogens (tertiary/aromatic N) is 1. The van der Waals surface area contributed by atoms with Crippen molar-refractivity contribution in [2.45, 2.75) is 13.8 Å². The highest BCUT2D eigenvalue weighted by atomic mass is 16.5. The minimum Gasteiger partial charge on any atom is -0.491 e. The van der Waals surface area contributed by atoms with Gasteiger partial charge in [-0.15, -0.1) is 0 Å². The number of ketones is 1. The standard InChI is InChI=1S/C14H20N2O3/c1-3-16(10-14(15)18)8-9-19-13-7-5-4-6-12(13)11(2)17/h4-7H,3,8-10H2,1-2H3,(H2,15,18). The predicted octanol–water partition coefficient (Wildman–Crippen LogP) is 1.08. The van der Waals surface area contributed by atoms with Gasteiger partial charge in [-0.3, -0.25) is 14.5 Å². The van der Waals surface area contributed by atoms with Crippen LogP contribution in [0.25, 0.3) is 0 Å². The molecule has 0 spiro atoms. The molecule has 0 radical (unpaired) electrons. The summed E-state index contributed by atoms with van der Waals surface area (Å²) in [6.07, 6.45) is 0. The molecule has 0 aliphatic rings. The molecule has 0 saturated carbocycles. The number of likely N-dealkylation sites (N-methyl/N-ethyl adjacent to an activating group) is 1. The van der Waals surface area contributed by atoms with Crippen molar-refractivity contribution >= 4 is 11.7 Å². The number of ether oxygens (including phenoxy) is 1. The van der Waals surface area contributed by atoms with Crippen LogP contribution in [0.1, 0.15) is 24.2 Å². The van der Waals surface area contributed by atoms with E-state index in [1.807, 2.05) is 17.9 Å². The van der Waals surface area contributed by atoms with E-state index in [0.29, 0.717) is 24.5 Å². The molecule has 5 nitrogen and oxygen atoms in total. The second kappa shape index (κ2) is 7.53. The Labute approximate surface area is 113 Å². The van der Waals surface area contributed by atoms with Gasteiger partial charge >= 0.3 is 0 Å². The number of primary amides is 1. The number of hydrogen-bond acceptors (Lipinski definition) is 4. The zero-order valence-electron chi connectivity index (χ0n) is 11.4. The molecule has 19 heavy (non-hydrogen) atoms. The monoisotopic (exact) mass is 264 g/mol. The average Bonchev–Trinajstić information content (AvgIpc) is 2.37. The summed E-state index contributed by atoms with van der Waals surface area (Å²) < 4.78 is 5.60. The van der Waals surface area contributed by atoms with Crippen LogP contribution in [0.3, 0.4) is 0 Å². The number of para-hydroxylation sites is 1. The van der Waals surface area contributed by atoms with Gasteiger partial charge in [0.2, 0.25) is 5.91 Å². The summed E-state index contributed by atoms with van der Waals surface area (Å²) in [7, 11) is 0. The first-order valence-electron chi connectivity index (χ1n) is 6.28. The van der Waals surface area contributed by atoms with Crippen molar-refractivity contribution in [3.05, 3.63) is 29.8 Å². The maximum Gasteiger partial charge on any atom is 0.231 e. The molecule has 0 unspecified atom stereocenters. The van der Waals surface area contributed by atoms with Crippen LogP contribution in [0, 0.1) is 0 Å². The molecule has 5 heteroatoms. The Morgan fingerprint density at radius 3 is 2.58 bits per heavy atom. The van der Waals surface area contributed by atoms with Crippen molar-refractivity contribution in [3.8, 4) is 5.75 Å². The molecule has 0 aliphatic heterocycles. The fraction of sp³-hybridized carbons (Fsp3) is 0.429. The van der Waals surface area contributed by atoms with Crippen LogP contribution in [0.4, 0.5) is 0 Å². The zero-order chi connectivity index (χ0) is 14.3. The molecule has 0 aromatic heterocycles. The summed E-state index contributed by atoms with van der Waals surface area (Å²) in [5.74, 6) is 0.191. The second-order valence-electron chi connectivity index (χ2n) is 4.24. The van der Waals surface area contributed by atoms with Crippen molar-refractivity contribution in [2.75, 3.05) is 26.2 Å². The lowest BCUT2D eigenvalue weighted by Gasteiger charge is -2.19. The van der Waals surface area contributed by atoms with Gasteiger partial charge in [0.1, 0.15) is 12.4 Å². The predicted molar refractivity (Wildman–Crippen MR) is 73.2 cm³/mol. The maximum absolute atomic E-state index is 11.4. The molecule has 0 saturated heterocycles. The van der Waals surface area contributed by atoms with Crippen LogP contribution in [0.15, 0.2) is 24.3 Å². The summed E-state index contributed by atoms with van der Waals surface area (Å²) in [5.41, 5.74) is 5.72. The molecule has 1 amide bonds. The Balaban J connectivity index is 2.53. The third-order valence-electron chi connectivity index (χ3n) is 2.76.